The first kappa shape index (κ1) is 27.4. The van der Waals surface area contributed by atoms with Gasteiger partial charge >= 0.3 is 0 Å². The van der Waals surface area contributed by atoms with Crippen molar-refractivity contribution in [2.24, 2.45) is 0 Å². The second-order valence-corrected chi connectivity index (χ2v) is 14.2. The number of rotatable bonds is 5. The van der Waals surface area contributed by atoms with Crippen molar-refractivity contribution in [2.45, 2.75) is 0 Å². The van der Waals surface area contributed by atoms with Crippen LogP contribution in [0.4, 0.5) is 17.1 Å². The Morgan fingerprint density at radius 3 is 1.81 bits per heavy atom. The van der Waals surface area contributed by atoms with Crippen molar-refractivity contribution in [1.29, 1.82) is 0 Å². The summed E-state index contributed by atoms with van der Waals surface area (Å²) in [4.78, 5) is 7.26. The molecule has 226 valence electrons. The lowest BCUT2D eigenvalue weighted by Gasteiger charge is -2.26. The van der Waals surface area contributed by atoms with Crippen molar-refractivity contribution >= 4 is 91.2 Å². The predicted octanol–water partition coefficient (Wildman–Crippen LogP) is 13.4. The van der Waals surface area contributed by atoms with Crippen molar-refractivity contribution in [3.63, 3.8) is 0 Å². The highest BCUT2D eigenvalue weighted by Crippen LogP contribution is 2.44. The number of anilines is 3. The number of hydrogen-bond donors (Lipinski definition) is 0. The van der Waals surface area contributed by atoms with E-state index in [0.717, 1.165) is 33.7 Å². The van der Waals surface area contributed by atoms with Gasteiger partial charge < -0.3 is 9.32 Å². The number of aromatic nitrogens is 1. The van der Waals surface area contributed by atoms with E-state index in [1.54, 1.807) is 11.3 Å². The number of hydrogen-bond acceptors (Lipinski definition) is 5. The molecule has 0 N–H and O–H groups in total. The number of fused-ring (bicyclic) bond motifs is 7. The van der Waals surface area contributed by atoms with E-state index < -0.39 is 0 Å². The van der Waals surface area contributed by atoms with Crippen LogP contribution in [0.2, 0.25) is 0 Å². The summed E-state index contributed by atoms with van der Waals surface area (Å²) in [7, 11) is 0. The zero-order valence-corrected chi connectivity index (χ0v) is 27.3. The Labute approximate surface area is 284 Å². The van der Waals surface area contributed by atoms with Gasteiger partial charge in [-0.15, -0.1) is 22.7 Å². The molecule has 0 spiro atoms. The molecule has 0 amide bonds. The highest BCUT2D eigenvalue weighted by molar-refractivity contribution is 7.26. The average molecular weight is 651 g/mol. The number of nitrogens with zero attached hydrogens (tertiary/aromatic N) is 2. The maximum Gasteiger partial charge on any atom is 0.227 e. The summed E-state index contributed by atoms with van der Waals surface area (Å²) in [5, 5.41) is 5.01. The molecular weight excluding hydrogens is 625 g/mol. The summed E-state index contributed by atoms with van der Waals surface area (Å²) in [5.74, 6) is 0.648. The first-order valence-corrected chi connectivity index (χ1v) is 17.6. The van der Waals surface area contributed by atoms with Crippen molar-refractivity contribution < 1.29 is 4.42 Å². The molecule has 10 aromatic rings. The van der Waals surface area contributed by atoms with Crippen LogP contribution in [0.3, 0.4) is 0 Å². The third-order valence-electron chi connectivity index (χ3n) is 9.10. The van der Waals surface area contributed by atoms with E-state index in [2.05, 4.69) is 132 Å². The average Bonchev–Trinajstić information content (AvgIpc) is 3.84. The van der Waals surface area contributed by atoms with Crippen molar-refractivity contribution in [3.8, 4) is 22.6 Å². The fourth-order valence-electron chi connectivity index (χ4n) is 6.76. The van der Waals surface area contributed by atoms with Crippen LogP contribution in [0.15, 0.2) is 162 Å². The molecule has 0 saturated carbocycles. The largest absolute Gasteiger partial charge is 0.436 e. The molecule has 0 radical (unpaired) electrons. The smallest absolute Gasteiger partial charge is 0.227 e. The van der Waals surface area contributed by atoms with Crippen LogP contribution in [0, 0.1) is 0 Å². The van der Waals surface area contributed by atoms with E-state index in [1.807, 2.05) is 41.7 Å². The topological polar surface area (TPSA) is 29.3 Å². The summed E-state index contributed by atoms with van der Waals surface area (Å²) in [6, 6.07) is 56.3. The van der Waals surface area contributed by atoms with E-state index >= 15 is 0 Å². The molecule has 0 aliphatic heterocycles. The molecule has 3 heterocycles. The molecule has 3 nitrogen and oxygen atoms in total. The maximum atomic E-state index is 6.22. The predicted molar refractivity (Wildman–Crippen MR) is 205 cm³/mol. The van der Waals surface area contributed by atoms with Crippen molar-refractivity contribution in [3.05, 3.63) is 158 Å². The summed E-state index contributed by atoms with van der Waals surface area (Å²) in [6.45, 7) is 0. The Kier molecular flexibility index (Phi) is 6.22. The first-order chi connectivity index (χ1) is 23.7. The van der Waals surface area contributed by atoms with Gasteiger partial charge in [-0.05, 0) is 77.9 Å². The third-order valence-corrected chi connectivity index (χ3v) is 11.4. The Morgan fingerprint density at radius 2 is 1.00 bits per heavy atom. The Balaban J connectivity index is 1.14. The summed E-state index contributed by atoms with van der Waals surface area (Å²) in [5.41, 5.74) is 8.43. The fraction of sp³-hybridized carbons (Fsp3) is 0. The third kappa shape index (κ3) is 4.51. The van der Waals surface area contributed by atoms with Gasteiger partial charge in [-0.1, -0.05) is 84.9 Å². The number of benzene rings is 7. The molecule has 0 unspecified atom stereocenters. The van der Waals surface area contributed by atoms with Crippen LogP contribution in [-0.4, -0.2) is 4.98 Å². The summed E-state index contributed by atoms with van der Waals surface area (Å²) >= 11 is 3.64. The molecule has 5 heteroatoms. The Morgan fingerprint density at radius 1 is 0.417 bits per heavy atom. The molecule has 0 aliphatic carbocycles. The molecule has 48 heavy (non-hydrogen) atoms. The fourth-order valence-corrected chi connectivity index (χ4v) is 9.00. The first-order valence-electron chi connectivity index (χ1n) is 15.9. The summed E-state index contributed by atoms with van der Waals surface area (Å²) in [6.07, 6.45) is 0. The molecule has 7 aromatic carbocycles. The summed E-state index contributed by atoms with van der Waals surface area (Å²) < 4.78 is 11.2. The van der Waals surface area contributed by atoms with E-state index in [4.69, 9.17) is 9.40 Å². The van der Waals surface area contributed by atoms with Crippen LogP contribution in [0.1, 0.15) is 0 Å². The molecular formula is C43H26N2OS2. The zero-order chi connectivity index (χ0) is 31.6. The van der Waals surface area contributed by atoms with Gasteiger partial charge in [-0.2, -0.15) is 0 Å². The van der Waals surface area contributed by atoms with Gasteiger partial charge in [-0.25, -0.2) is 4.98 Å². The monoisotopic (exact) mass is 650 g/mol. The highest BCUT2D eigenvalue weighted by atomic mass is 32.1. The molecule has 0 atom stereocenters. The van der Waals surface area contributed by atoms with E-state index in [9.17, 15) is 0 Å². The van der Waals surface area contributed by atoms with Gasteiger partial charge in [0.25, 0.3) is 0 Å². The minimum absolute atomic E-state index is 0.648. The van der Waals surface area contributed by atoms with Crippen LogP contribution >= 0.6 is 22.7 Å². The molecule has 0 fully saturated rings. The number of oxazole rings is 1. The minimum Gasteiger partial charge on any atom is -0.436 e. The standard InChI is InChI=1S/C43H26N2OS2/c1-3-9-27(10-4-1)28-15-17-30(18-16-28)45(32-19-21-34-33-13-7-8-14-39(33)47-41(34)24-32)31-20-22-40-35(23-31)36-25-37-38(26-42(36)48-40)46-43(44-37)29-11-5-2-6-12-29/h1-26H. The van der Waals surface area contributed by atoms with Gasteiger partial charge in [0, 0.05) is 69.0 Å². The molecule has 0 bridgehead atoms. The second-order valence-electron chi connectivity index (χ2n) is 12.0. The Bertz CT molecular complexity index is 2780. The van der Waals surface area contributed by atoms with Gasteiger partial charge in [0.15, 0.2) is 5.58 Å². The lowest BCUT2D eigenvalue weighted by atomic mass is 10.0. The molecule has 10 rings (SSSR count). The zero-order valence-electron chi connectivity index (χ0n) is 25.6. The second kappa shape index (κ2) is 10.9. The van der Waals surface area contributed by atoms with Gasteiger partial charge in [0.05, 0.1) is 0 Å². The molecule has 0 aliphatic rings. The van der Waals surface area contributed by atoms with E-state index in [0.29, 0.717) is 5.89 Å². The highest BCUT2D eigenvalue weighted by Gasteiger charge is 2.18. The maximum absolute atomic E-state index is 6.22. The van der Waals surface area contributed by atoms with E-state index in [1.165, 1.54) is 51.5 Å². The molecule has 0 saturated heterocycles. The van der Waals surface area contributed by atoms with E-state index in [-0.39, 0.29) is 0 Å². The minimum atomic E-state index is 0.648. The van der Waals surface area contributed by atoms with Crippen LogP contribution in [0.25, 0.3) is 74.0 Å². The normalized spacial score (nSPS) is 11.8. The van der Waals surface area contributed by atoms with Crippen molar-refractivity contribution in [1.82, 2.24) is 4.98 Å². The van der Waals surface area contributed by atoms with Crippen LogP contribution < -0.4 is 4.90 Å². The van der Waals surface area contributed by atoms with Gasteiger partial charge in [-0.3, -0.25) is 0 Å². The number of thiophene rings is 2. The van der Waals surface area contributed by atoms with Gasteiger partial charge in [0.2, 0.25) is 5.89 Å². The molecule has 3 aromatic heterocycles. The van der Waals surface area contributed by atoms with Crippen LogP contribution in [0.5, 0.6) is 0 Å². The lowest BCUT2D eigenvalue weighted by molar-refractivity contribution is 0.620. The van der Waals surface area contributed by atoms with Gasteiger partial charge in [0.1, 0.15) is 5.52 Å². The Hall–Kier alpha value is -5.75. The van der Waals surface area contributed by atoms with Crippen molar-refractivity contribution in [2.75, 3.05) is 4.90 Å². The SMILES string of the molecule is c1ccc(-c2ccc(N(c3ccc4c(c3)sc3ccccc34)c3ccc4sc5cc6oc(-c7ccccc7)nc6cc5c4c3)cc2)cc1. The van der Waals surface area contributed by atoms with Crippen LogP contribution in [-0.2, 0) is 0 Å². The lowest BCUT2D eigenvalue weighted by Crippen LogP contribution is -2.09. The quantitative estimate of drug-likeness (QED) is 0.186.